The fourth-order valence-corrected chi connectivity index (χ4v) is 4.29. The van der Waals surface area contributed by atoms with Crippen LogP contribution < -0.4 is 15.0 Å². The quantitative estimate of drug-likeness (QED) is 0.360. The van der Waals surface area contributed by atoms with E-state index in [2.05, 4.69) is 20.0 Å². The second kappa shape index (κ2) is 10.8. The average Bonchev–Trinajstić information content (AvgIpc) is 2.81. The highest BCUT2D eigenvalue weighted by molar-refractivity contribution is 6.32. The zero-order valence-electron chi connectivity index (χ0n) is 19.4. The summed E-state index contributed by atoms with van der Waals surface area (Å²) < 4.78 is 58.8. The van der Waals surface area contributed by atoms with Crippen LogP contribution in [0.5, 0.6) is 5.75 Å². The number of nitrogens with one attached hydrogen (secondary N) is 1. The molecule has 1 fully saturated rings. The molecule has 1 aliphatic rings. The summed E-state index contributed by atoms with van der Waals surface area (Å²) in [4.78, 5) is 35.4. The first-order valence-electron chi connectivity index (χ1n) is 11.0. The third-order valence-corrected chi connectivity index (χ3v) is 6.37. The molecular formula is C23H24Cl2F4N4O3. The molecule has 196 valence electrons. The molecule has 0 spiro atoms. The smallest absolute Gasteiger partial charge is 0.420 e. The number of nitrogens with zero attached hydrogens (tertiary/aromatic N) is 3. The average molecular weight is 551 g/mol. The Kier molecular flexibility index (Phi) is 8.34. The Hall–Kier alpha value is -2.66. The van der Waals surface area contributed by atoms with Gasteiger partial charge >= 0.3 is 5.57 Å². The lowest BCUT2D eigenvalue weighted by Crippen LogP contribution is -2.60. The van der Waals surface area contributed by atoms with Gasteiger partial charge < -0.3 is 10.1 Å². The molecular weight excluding hydrogens is 527 g/mol. The van der Waals surface area contributed by atoms with Crippen LogP contribution in [-0.4, -0.2) is 44.7 Å². The van der Waals surface area contributed by atoms with Gasteiger partial charge in [0.25, 0.3) is 17.4 Å². The molecule has 13 heteroatoms. The first-order valence-corrected chi connectivity index (χ1v) is 11.8. The van der Waals surface area contributed by atoms with Crippen molar-refractivity contribution in [3.63, 3.8) is 0 Å². The van der Waals surface area contributed by atoms with E-state index in [0.717, 1.165) is 17.0 Å². The number of amides is 2. The van der Waals surface area contributed by atoms with Crippen molar-refractivity contribution >= 4 is 40.7 Å². The Morgan fingerprint density at radius 2 is 1.75 bits per heavy atom. The van der Waals surface area contributed by atoms with Gasteiger partial charge in [0.1, 0.15) is 17.7 Å². The van der Waals surface area contributed by atoms with Crippen molar-refractivity contribution in [1.82, 2.24) is 15.3 Å². The van der Waals surface area contributed by atoms with E-state index in [1.54, 1.807) is 0 Å². The number of carbonyl (C=O) groups is 2. The number of anilines is 1. The van der Waals surface area contributed by atoms with Crippen molar-refractivity contribution in [1.29, 1.82) is 0 Å². The molecule has 36 heavy (non-hydrogen) atoms. The van der Waals surface area contributed by atoms with E-state index in [4.69, 9.17) is 23.2 Å². The van der Waals surface area contributed by atoms with Crippen LogP contribution >= 0.6 is 23.2 Å². The Balaban J connectivity index is 2.04. The minimum absolute atomic E-state index is 0.0602. The van der Waals surface area contributed by atoms with Crippen LogP contribution in [0.4, 0.5) is 23.2 Å². The van der Waals surface area contributed by atoms with E-state index in [0.29, 0.717) is 12.8 Å². The Bertz CT molecular complexity index is 1060. The topological polar surface area (TPSA) is 84.4 Å². The summed E-state index contributed by atoms with van der Waals surface area (Å²) in [6.07, 6.45) is 4.93. The summed E-state index contributed by atoms with van der Waals surface area (Å²) in [7, 11) is 0. The first kappa shape index (κ1) is 27.9. The number of carbonyl (C=O) groups excluding carboxylic acids is 2. The van der Waals surface area contributed by atoms with Gasteiger partial charge in [0.2, 0.25) is 0 Å². The number of rotatable bonds is 8. The molecule has 2 aromatic rings. The molecule has 0 aliphatic heterocycles. The monoisotopic (exact) mass is 550 g/mol. The SMILES string of the molecule is CC1(F)CCC(NC(=O)[C@@](C)(c2cncnc2)N(C(=O)[C@H](F)Cl)c2ccc(OC(F)(F)Cl)cc2)CC1. The van der Waals surface area contributed by atoms with Crippen LogP contribution in [0.15, 0.2) is 43.0 Å². The normalized spacial score (nSPS) is 22.7. The standard InChI is InChI=1S/C23H24Cl2F4N4O3/c1-21(27)9-7-15(8-10-21)32-20(35)22(2,14-11-30-13-31-12-14)33(19(34)18(24)26)16-3-5-17(6-4-16)36-23(25,28)29/h3-6,11-13,15,18H,7-10H2,1-2H3,(H,32,35)/t15?,18-,21?,22+/m0/s1. The molecule has 1 aromatic carbocycles. The predicted molar refractivity (Wildman–Crippen MR) is 125 cm³/mol. The Morgan fingerprint density at radius 1 is 1.19 bits per heavy atom. The molecule has 0 radical (unpaired) electrons. The Morgan fingerprint density at radius 3 is 2.25 bits per heavy atom. The lowest BCUT2D eigenvalue weighted by molar-refractivity contribution is -0.132. The van der Waals surface area contributed by atoms with Gasteiger partial charge in [-0.1, -0.05) is 11.6 Å². The zero-order chi connectivity index (χ0) is 26.7. The maximum atomic E-state index is 14.3. The van der Waals surface area contributed by atoms with Gasteiger partial charge in [0.05, 0.1) is 0 Å². The van der Waals surface area contributed by atoms with Crippen LogP contribution in [0.25, 0.3) is 0 Å². The predicted octanol–water partition coefficient (Wildman–Crippen LogP) is 5.21. The fourth-order valence-electron chi connectivity index (χ4n) is 4.10. The van der Waals surface area contributed by atoms with Gasteiger partial charge in [-0.25, -0.2) is 18.7 Å². The van der Waals surface area contributed by atoms with Crippen LogP contribution in [0.2, 0.25) is 0 Å². The van der Waals surface area contributed by atoms with Crippen molar-refractivity contribution in [3.8, 4) is 5.75 Å². The largest absolute Gasteiger partial charge is 0.487 e. The van der Waals surface area contributed by atoms with Crippen molar-refractivity contribution in [2.45, 2.75) is 68.0 Å². The van der Waals surface area contributed by atoms with Gasteiger partial charge in [-0.05, 0) is 63.8 Å². The maximum absolute atomic E-state index is 14.3. The van der Waals surface area contributed by atoms with Gasteiger partial charge in [0.15, 0.2) is 5.54 Å². The highest BCUT2D eigenvalue weighted by Crippen LogP contribution is 2.37. The summed E-state index contributed by atoms with van der Waals surface area (Å²) in [5, 5.41) is 2.82. The second-order valence-electron chi connectivity index (χ2n) is 8.88. The molecule has 2 amide bonds. The van der Waals surface area contributed by atoms with Crippen LogP contribution in [0, 0.1) is 0 Å². The molecule has 7 nitrogen and oxygen atoms in total. The van der Waals surface area contributed by atoms with E-state index in [1.807, 2.05) is 0 Å². The van der Waals surface area contributed by atoms with Gasteiger partial charge in [-0.15, -0.1) is 8.78 Å². The van der Waals surface area contributed by atoms with Crippen molar-refractivity contribution in [2.24, 2.45) is 0 Å². The lowest BCUT2D eigenvalue weighted by Gasteiger charge is -2.41. The van der Waals surface area contributed by atoms with Crippen molar-refractivity contribution < 1.29 is 31.9 Å². The fraction of sp³-hybridized carbons (Fsp3) is 0.478. The number of hydrogen-bond acceptors (Lipinski definition) is 5. The molecule has 0 saturated heterocycles. The van der Waals surface area contributed by atoms with Crippen molar-refractivity contribution in [2.75, 3.05) is 4.90 Å². The van der Waals surface area contributed by atoms with Crippen LogP contribution in [0.3, 0.4) is 0 Å². The summed E-state index contributed by atoms with van der Waals surface area (Å²) >= 11 is 10.3. The molecule has 1 aliphatic carbocycles. The van der Waals surface area contributed by atoms with Gasteiger partial charge in [-0.2, -0.15) is 0 Å². The molecule has 1 saturated carbocycles. The number of aromatic nitrogens is 2. The Labute approximate surface area is 215 Å². The van der Waals surface area contributed by atoms with Crippen LogP contribution in [0.1, 0.15) is 45.1 Å². The van der Waals surface area contributed by atoms with E-state index >= 15 is 0 Å². The van der Waals surface area contributed by atoms with E-state index < -0.39 is 40.3 Å². The third kappa shape index (κ3) is 6.56. The minimum atomic E-state index is -3.98. The highest BCUT2D eigenvalue weighted by Gasteiger charge is 2.48. The zero-order valence-corrected chi connectivity index (χ0v) is 20.9. The number of halogens is 6. The van der Waals surface area contributed by atoms with E-state index in [-0.39, 0.29) is 29.8 Å². The highest BCUT2D eigenvalue weighted by atomic mass is 35.5. The molecule has 2 atom stereocenters. The van der Waals surface area contributed by atoms with Crippen LogP contribution in [-0.2, 0) is 15.1 Å². The first-order chi connectivity index (χ1) is 16.7. The second-order valence-corrected chi connectivity index (χ2v) is 9.70. The van der Waals surface area contributed by atoms with Gasteiger partial charge in [-0.3, -0.25) is 14.5 Å². The summed E-state index contributed by atoms with van der Waals surface area (Å²) in [6.45, 7) is 2.84. The molecule has 1 aromatic heterocycles. The number of hydrogen-bond donors (Lipinski definition) is 1. The summed E-state index contributed by atoms with van der Waals surface area (Å²) in [6, 6.07) is 4.06. The lowest BCUT2D eigenvalue weighted by atomic mass is 9.83. The molecule has 0 bridgehead atoms. The van der Waals surface area contributed by atoms with Gasteiger partial charge in [0, 0.05) is 41.3 Å². The number of benzene rings is 1. The summed E-state index contributed by atoms with van der Waals surface area (Å²) in [5.41, 5.74) is -9.76. The number of ether oxygens (including phenoxy) is 1. The van der Waals surface area contributed by atoms with E-state index in [1.165, 1.54) is 44.7 Å². The molecule has 1 heterocycles. The molecule has 1 N–H and O–H groups in total. The maximum Gasteiger partial charge on any atom is 0.487 e. The minimum Gasteiger partial charge on any atom is -0.420 e. The third-order valence-electron chi connectivity index (χ3n) is 6.11. The van der Waals surface area contributed by atoms with Crippen molar-refractivity contribution in [3.05, 3.63) is 48.5 Å². The van der Waals surface area contributed by atoms with E-state index in [9.17, 15) is 27.2 Å². The number of alkyl halides is 6. The summed E-state index contributed by atoms with van der Waals surface area (Å²) in [5.74, 6) is -2.36. The molecule has 3 rings (SSSR count). The molecule has 0 unspecified atom stereocenters.